The molecule has 0 saturated carbocycles. The Bertz CT molecular complexity index is 1180. The summed E-state index contributed by atoms with van der Waals surface area (Å²) in [5, 5.41) is 0. The number of nitrogen functional groups attached to an aromatic ring is 1. The van der Waals surface area contributed by atoms with Crippen molar-refractivity contribution in [3.63, 3.8) is 0 Å². The van der Waals surface area contributed by atoms with E-state index in [1.54, 1.807) is 18.2 Å². The minimum Gasteiger partial charge on any atom is -0.399 e. The number of fused-ring (bicyclic) bond motifs is 2. The molecule has 2 heterocycles. The topological polar surface area (TPSA) is 107 Å². The number of H-pyrrole nitrogens is 1. The molecule has 7 heteroatoms. The Balaban J connectivity index is 1.96. The van der Waals surface area contributed by atoms with Gasteiger partial charge in [0.05, 0.1) is 17.6 Å². The zero-order chi connectivity index (χ0) is 16.7. The molecule has 0 spiro atoms. The van der Waals surface area contributed by atoms with Gasteiger partial charge in [0.25, 0.3) is 5.56 Å². The molecule has 2 aromatic heterocycles. The van der Waals surface area contributed by atoms with Crippen LogP contribution in [0.15, 0.2) is 58.1 Å². The van der Waals surface area contributed by atoms with Gasteiger partial charge in [-0.3, -0.25) is 14.3 Å². The average Bonchev–Trinajstić information content (AvgIpc) is 2.58. The maximum atomic E-state index is 12.7. The number of aromatic amines is 1. The monoisotopic (exact) mass is 319 g/mol. The number of hydrogen-bond acceptors (Lipinski definition) is 5. The van der Waals surface area contributed by atoms with Crippen molar-refractivity contribution in [1.29, 1.82) is 0 Å². The van der Waals surface area contributed by atoms with E-state index in [1.807, 2.05) is 30.3 Å². The molecular weight excluding hydrogens is 306 g/mol. The van der Waals surface area contributed by atoms with Gasteiger partial charge in [0.1, 0.15) is 0 Å². The smallest absolute Gasteiger partial charge is 0.330 e. The third-order valence-electron chi connectivity index (χ3n) is 3.79. The first-order valence-electron chi connectivity index (χ1n) is 7.36. The van der Waals surface area contributed by atoms with Gasteiger partial charge in [-0.2, -0.15) is 0 Å². The minimum atomic E-state index is -0.520. The first-order valence-corrected chi connectivity index (χ1v) is 7.36. The van der Waals surface area contributed by atoms with Crippen LogP contribution in [0.25, 0.3) is 22.2 Å². The van der Waals surface area contributed by atoms with Gasteiger partial charge in [-0.1, -0.05) is 30.3 Å². The Labute approximate surface area is 135 Å². The molecule has 0 aliphatic carbocycles. The van der Waals surface area contributed by atoms with E-state index in [4.69, 9.17) is 5.73 Å². The number of nitrogens with one attached hydrogen (secondary N) is 1. The van der Waals surface area contributed by atoms with Gasteiger partial charge < -0.3 is 5.73 Å². The number of nitrogens with zero attached hydrogens (tertiary/aromatic N) is 3. The number of aromatic nitrogens is 4. The summed E-state index contributed by atoms with van der Waals surface area (Å²) in [6.07, 6.45) is 0. The fraction of sp³-hybridized carbons (Fsp3) is 0.0588. The molecule has 0 radical (unpaired) electrons. The van der Waals surface area contributed by atoms with E-state index in [0.29, 0.717) is 16.7 Å². The van der Waals surface area contributed by atoms with Crippen molar-refractivity contribution in [3.05, 3.63) is 74.9 Å². The molecule has 0 aliphatic heterocycles. The number of rotatable bonds is 2. The second kappa shape index (κ2) is 5.31. The average molecular weight is 319 g/mol. The van der Waals surface area contributed by atoms with Crippen molar-refractivity contribution in [2.75, 3.05) is 5.73 Å². The van der Waals surface area contributed by atoms with E-state index >= 15 is 0 Å². The van der Waals surface area contributed by atoms with Crippen molar-refractivity contribution in [1.82, 2.24) is 19.5 Å². The quantitative estimate of drug-likeness (QED) is 0.427. The lowest BCUT2D eigenvalue weighted by Gasteiger charge is -2.07. The highest BCUT2D eigenvalue weighted by molar-refractivity contribution is 5.85. The van der Waals surface area contributed by atoms with Crippen LogP contribution in [0.4, 0.5) is 5.69 Å². The lowest BCUT2D eigenvalue weighted by molar-refractivity contribution is 0.708. The third-order valence-corrected chi connectivity index (χ3v) is 3.79. The Kier molecular flexibility index (Phi) is 3.13. The van der Waals surface area contributed by atoms with Gasteiger partial charge in [-0.25, -0.2) is 14.8 Å². The summed E-state index contributed by atoms with van der Waals surface area (Å²) < 4.78 is 1.12. The van der Waals surface area contributed by atoms with Crippen LogP contribution in [-0.2, 0) is 6.54 Å². The second-order valence-electron chi connectivity index (χ2n) is 5.48. The first kappa shape index (κ1) is 14.1. The van der Waals surface area contributed by atoms with Crippen LogP contribution in [0.5, 0.6) is 0 Å². The predicted molar refractivity (Wildman–Crippen MR) is 91.9 cm³/mol. The summed E-state index contributed by atoms with van der Waals surface area (Å²) in [5.41, 5.74) is 7.50. The van der Waals surface area contributed by atoms with Crippen LogP contribution in [-0.4, -0.2) is 19.5 Å². The van der Waals surface area contributed by atoms with E-state index in [0.717, 1.165) is 10.1 Å². The van der Waals surface area contributed by atoms with E-state index in [1.165, 1.54) is 0 Å². The summed E-state index contributed by atoms with van der Waals surface area (Å²) in [7, 11) is 0. The summed E-state index contributed by atoms with van der Waals surface area (Å²) in [6.45, 7) is 0.173. The van der Waals surface area contributed by atoms with Gasteiger partial charge >= 0.3 is 5.69 Å². The molecule has 0 atom stereocenters. The molecule has 0 fully saturated rings. The van der Waals surface area contributed by atoms with Crippen molar-refractivity contribution in [2.45, 2.75) is 6.54 Å². The molecule has 4 aromatic rings. The van der Waals surface area contributed by atoms with Crippen molar-refractivity contribution in [2.24, 2.45) is 0 Å². The number of hydrogen-bond donors (Lipinski definition) is 2. The molecule has 0 unspecified atom stereocenters. The summed E-state index contributed by atoms with van der Waals surface area (Å²) in [4.78, 5) is 36.2. The van der Waals surface area contributed by atoms with E-state index in [2.05, 4.69) is 15.0 Å². The first-order chi connectivity index (χ1) is 11.6. The van der Waals surface area contributed by atoms with Crippen LogP contribution in [0.3, 0.4) is 0 Å². The number of benzene rings is 2. The summed E-state index contributed by atoms with van der Waals surface area (Å²) in [6, 6.07) is 14.3. The fourth-order valence-corrected chi connectivity index (χ4v) is 2.61. The van der Waals surface area contributed by atoms with Crippen LogP contribution in [0.2, 0.25) is 0 Å². The van der Waals surface area contributed by atoms with Gasteiger partial charge in [0.2, 0.25) is 0 Å². The van der Waals surface area contributed by atoms with Crippen molar-refractivity contribution < 1.29 is 0 Å². The fourth-order valence-electron chi connectivity index (χ4n) is 2.61. The van der Waals surface area contributed by atoms with Crippen molar-refractivity contribution in [3.8, 4) is 0 Å². The Morgan fingerprint density at radius 2 is 1.79 bits per heavy atom. The normalized spacial score (nSPS) is 11.2. The largest absolute Gasteiger partial charge is 0.399 e. The molecule has 0 bridgehead atoms. The Morgan fingerprint density at radius 1 is 1.00 bits per heavy atom. The maximum absolute atomic E-state index is 12.7. The molecule has 24 heavy (non-hydrogen) atoms. The molecule has 0 saturated heterocycles. The van der Waals surface area contributed by atoms with Gasteiger partial charge in [0, 0.05) is 5.69 Å². The van der Waals surface area contributed by atoms with Crippen LogP contribution in [0.1, 0.15) is 5.56 Å². The zero-order valence-corrected chi connectivity index (χ0v) is 12.6. The highest BCUT2D eigenvalue weighted by Crippen LogP contribution is 2.15. The van der Waals surface area contributed by atoms with E-state index in [9.17, 15) is 9.59 Å². The lowest BCUT2D eigenvalue weighted by Crippen LogP contribution is -2.36. The molecule has 7 nitrogen and oxygen atoms in total. The molecule has 0 aliphatic rings. The zero-order valence-electron chi connectivity index (χ0n) is 12.6. The lowest BCUT2D eigenvalue weighted by atomic mass is 10.2. The van der Waals surface area contributed by atoms with Gasteiger partial charge in [-0.05, 0) is 23.8 Å². The SMILES string of the molecule is Nc1ccc2nc3c(=O)n(Cc4ccccc4)c(=O)[nH]c3nc2c1. The Hall–Kier alpha value is -3.48. The third kappa shape index (κ3) is 2.32. The van der Waals surface area contributed by atoms with Crippen molar-refractivity contribution >= 4 is 27.9 Å². The molecule has 4 rings (SSSR count). The number of nitrogens with two attached hydrogens (primary N) is 1. The van der Waals surface area contributed by atoms with Crippen LogP contribution >= 0.6 is 0 Å². The molecular formula is C17H13N5O2. The van der Waals surface area contributed by atoms with Crippen LogP contribution < -0.4 is 17.0 Å². The second-order valence-corrected chi connectivity index (χ2v) is 5.48. The highest BCUT2D eigenvalue weighted by atomic mass is 16.2. The molecule has 0 amide bonds. The molecule has 2 aromatic carbocycles. The molecule has 118 valence electrons. The van der Waals surface area contributed by atoms with Crippen LogP contribution in [0, 0.1) is 0 Å². The molecule has 3 N–H and O–H groups in total. The van der Waals surface area contributed by atoms with E-state index < -0.39 is 11.2 Å². The minimum absolute atomic E-state index is 0.128. The maximum Gasteiger partial charge on any atom is 0.330 e. The highest BCUT2D eigenvalue weighted by Gasteiger charge is 2.12. The standard InChI is InChI=1S/C17H13N5O2/c18-11-6-7-12-13(8-11)20-15-14(19-12)16(23)22(17(24)21-15)9-10-4-2-1-3-5-10/h1-8H,9,18H2,(H,20,21,24). The van der Waals surface area contributed by atoms with E-state index in [-0.39, 0.29) is 17.7 Å². The summed E-state index contributed by atoms with van der Waals surface area (Å²) in [5.74, 6) is 0. The van der Waals surface area contributed by atoms with Gasteiger partial charge in [0.15, 0.2) is 11.2 Å². The number of anilines is 1. The van der Waals surface area contributed by atoms with Gasteiger partial charge in [-0.15, -0.1) is 0 Å². The Morgan fingerprint density at radius 3 is 2.58 bits per heavy atom. The summed E-state index contributed by atoms with van der Waals surface area (Å²) >= 11 is 0. The predicted octanol–water partition coefficient (Wildman–Crippen LogP) is 1.26.